The molecule has 5 heteroatoms. The van der Waals surface area contributed by atoms with Crippen LogP contribution >= 0.6 is 0 Å². The van der Waals surface area contributed by atoms with E-state index in [1.165, 1.54) is 0 Å². The zero-order chi connectivity index (χ0) is 0. The molecule has 0 radical (unpaired) electrons. The number of rotatable bonds is 0. The van der Waals surface area contributed by atoms with Gasteiger partial charge in [0, 0.05) is 0 Å². The Morgan fingerprint density at radius 3 is 0.600 bits per heavy atom. The summed E-state index contributed by atoms with van der Waals surface area (Å²) in [5.74, 6) is 0. The van der Waals surface area contributed by atoms with Crippen molar-refractivity contribution in [3.05, 3.63) is 0 Å². The second-order valence-electron chi connectivity index (χ2n) is 0. The standard InChI is InChI=1S/2HI.2Na.H2O/h2*1H;;;1H2/q;;2*+1;/p-2. The van der Waals surface area contributed by atoms with E-state index in [-0.39, 0.29) is 113 Å². The fourth-order valence-corrected chi connectivity index (χ4v) is 0. The van der Waals surface area contributed by atoms with Crippen molar-refractivity contribution in [2.24, 2.45) is 0 Å². The molecule has 0 saturated carbocycles. The summed E-state index contributed by atoms with van der Waals surface area (Å²) in [6, 6.07) is 0. The summed E-state index contributed by atoms with van der Waals surface area (Å²) in [5, 5.41) is 0. The Bertz CT molecular complexity index is 7.61. The van der Waals surface area contributed by atoms with E-state index in [0.29, 0.717) is 0 Å². The fraction of sp³-hybridized carbons (Fsp3) is 0. The second kappa shape index (κ2) is 26.1. The van der Waals surface area contributed by atoms with Crippen molar-refractivity contribution in [2.75, 3.05) is 0 Å². The average Bonchev–Trinajstić information content (AvgIpc) is 0. The van der Waals surface area contributed by atoms with E-state index in [0.717, 1.165) is 0 Å². The first-order valence-electron chi connectivity index (χ1n) is 0. The van der Waals surface area contributed by atoms with Crippen molar-refractivity contribution in [1.29, 1.82) is 0 Å². The van der Waals surface area contributed by atoms with Gasteiger partial charge < -0.3 is 53.4 Å². The first kappa shape index (κ1) is 39.6. The molecule has 2 N–H and O–H groups in total. The molecule has 0 aliphatic heterocycles. The van der Waals surface area contributed by atoms with Crippen LogP contribution in [0.25, 0.3) is 0 Å². The minimum Gasteiger partial charge on any atom is -1.00 e. The van der Waals surface area contributed by atoms with Gasteiger partial charge in [-0.15, -0.1) is 0 Å². The van der Waals surface area contributed by atoms with Gasteiger partial charge in [0.25, 0.3) is 0 Å². The molecule has 0 aromatic heterocycles. The molecule has 0 heterocycles. The quantitative estimate of drug-likeness (QED) is 0.314. The van der Waals surface area contributed by atoms with Crippen LogP contribution in [0, 0.1) is 0 Å². The Labute approximate surface area is 110 Å². The van der Waals surface area contributed by atoms with Crippen LogP contribution < -0.4 is 107 Å². The van der Waals surface area contributed by atoms with Gasteiger partial charge in [0.1, 0.15) is 0 Å². The zero-order valence-corrected chi connectivity index (χ0v) is 11.6. The van der Waals surface area contributed by atoms with Crippen LogP contribution in [0.1, 0.15) is 0 Å². The number of halogens is 2. The van der Waals surface area contributed by atoms with Gasteiger partial charge in [-0.2, -0.15) is 0 Å². The summed E-state index contributed by atoms with van der Waals surface area (Å²) in [6.07, 6.45) is 0. The molecule has 0 rings (SSSR count). The minimum absolute atomic E-state index is 0. The smallest absolute Gasteiger partial charge is 1.00 e. The molecule has 24 valence electrons. The molecule has 0 saturated heterocycles. The van der Waals surface area contributed by atoms with Gasteiger partial charge in [-0.25, -0.2) is 0 Å². The van der Waals surface area contributed by atoms with Crippen LogP contribution in [0.5, 0.6) is 0 Å². The summed E-state index contributed by atoms with van der Waals surface area (Å²) in [7, 11) is 0. The van der Waals surface area contributed by atoms with E-state index < -0.39 is 0 Å². The van der Waals surface area contributed by atoms with E-state index in [2.05, 4.69) is 0 Å². The van der Waals surface area contributed by atoms with Crippen LogP contribution in [0.2, 0.25) is 0 Å². The largest absolute Gasteiger partial charge is 1.00 e. The normalized spacial score (nSPS) is 0. The molecule has 0 fully saturated rings. The fourth-order valence-electron chi connectivity index (χ4n) is 0. The zero-order valence-electron chi connectivity index (χ0n) is 3.26. The Morgan fingerprint density at radius 2 is 0.600 bits per heavy atom. The van der Waals surface area contributed by atoms with Gasteiger partial charge in [-0.1, -0.05) is 0 Å². The molecule has 1 nitrogen and oxygen atoms in total. The maximum absolute atomic E-state index is 0. The van der Waals surface area contributed by atoms with Gasteiger partial charge in [-0.3, -0.25) is 0 Å². The van der Waals surface area contributed by atoms with Crippen molar-refractivity contribution in [3.63, 3.8) is 0 Å². The van der Waals surface area contributed by atoms with E-state index in [4.69, 9.17) is 0 Å². The van der Waals surface area contributed by atoms with E-state index in [1.807, 2.05) is 0 Å². The monoisotopic (exact) mass is 318 g/mol. The van der Waals surface area contributed by atoms with Gasteiger partial charge in [0.2, 0.25) is 0 Å². The summed E-state index contributed by atoms with van der Waals surface area (Å²) in [5.41, 5.74) is 0. The summed E-state index contributed by atoms with van der Waals surface area (Å²) < 4.78 is 0. The molecular formula is H2I2Na2O. The van der Waals surface area contributed by atoms with Gasteiger partial charge in [0.15, 0.2) is 0 Å². The molecular weight excluding hydrogens is 316 g/mol. The number of hydrogen-bond acceptors (Lipinski definition) is 0. The Morgan fingerprint density at radius 1 is 0.600 bits per heavy atom. The first-order chi connectivity index (χ1) is 0. The minimum atomic E-state index is 0. The van der Waals surface area contributed by atoms with Crippen LogP contribution in [-0.2, 0) is 0 Å². The van der Waals surface area contributed by atoms with Crippen LogP contribution in [0.4, 0.5) is 0 Å². The molecule has 0 aliphatic rings. The van der Waals surface area contributed by atoms with Gasteiger partial charge in [-0.05, 0) is 0 Å². The maximum atomic E-state index is 0. The molecule has 0 aliphatic carbocycles. The SMILES string of the molecule is O.[I-].[I-].[Na+].[Na+]. The van der Waals surface area contributed by atoms with Crippen LogP contribution in [-0.4, -0.2) is 5.48 Å². The van der Waals surface area contributed by atoms with E-state index in [9.17, 15) is 0 Å². The Kier molecular flexibility index (Phi) is 207. The third-order valence-corrected chi connectivity index (χ3v) is 0. The summed E-state index contributed by atoms with van der Waals surface area (Å²) in [4.78, 5) is 0. The predicted octanol–water partition coefficient (Wildman–Crippen LogP) is -12.8. The number of hydrogen-bond donors (Lipinski definition) is 0. The van der Waals surface area contributed by atoms with Crippen molar-refractivity contribution in [1.82, 2.24) is 0 Å². The average molecular weight is 318 g/mol. The molecule has 5 heavy (non-hydrogen) atoms. The van der Waals surface area contributed by atoms with Gasteiger partial charge >= 0.3 is 59.1 Å². The van der Waals surface area contributed by atoms with Crippen LogP contribution in [0.15, 0.2) is 0 Å². The summed E-state index contributed by atoms with van der Waals surface area (Å²) in [6.45, 7) is 0. The third-order valence-electron chi connectivity index (χ3n) is 0. The molecule has 0 unspecified atom stereocenters. The Balaban J connectivity index is 0. The molecule has 0 bridgehead atoms. The summed E-state index contributed by atoms with van der Waals surface area (Å²) >= 11 is 0. The van der Waals surface area contributed by atoms with Crippen LogP contribution in [0.3, 0.4) is 0 Å². The van der Waals surface area contributed by atoms with Crippen molar-refractivity contribution in [2.45, 2.75) is 0 Å². The molecule has 0 amide bonds. The predicted molar refractivity (Wildman–Crippen MR) is 3.61 cm³/mol. The van der Waals surface area contributed by atoms with Gasteiger partial charge in [0.05, 0.1) is 0 Å². The topological polar surface area (TPSA) is 31.5 Å². The second-order valence-corrected chi connectivity index (χ2v) is 0. The third kappa shape index (κ3) is 18.6. The Hall–Kier alpha value is 3.42. The van der Waals surface area contributed by atoms with E-state index in [1.54, 1.807) is 0 Å². The van der Waals surface area contributed by atoms with Crippen molar-refractivity contribution >= 4 is 0 Å². The van der Waals surface area contributed by atoms with E-state index >= 15 is 0 Å². The molecule has 0 spiro atoms. The molecule has 0 aromatic carbocycles. The molecule has 0 atom stereocenters. The van der Waals surface area contributed by atoms with Crippen molar-refractivity contribution in [3.8, 4) is 0 Å². The molecule has 0 aromatic rings. The van der Waals surface area contributed by atoms with Crippen molar-refractivity contribution < 1.29 is 113 Å². The first-order valence-corrected chi connectivity index (χ1v) is 0. The maximum Gasteiger partial charge on any atom is 1.00 e.